The summed E-state index contributed by atoms with van der Waals surface area (Å²) >= 11 is 0. The molecule has 1 fully saturated rings. The number of benzene rings is 1. The molecule has 0 aliphatic carbocycles. The summed E-state index contributed by atoms with van der Waals surface area (Å²) in [6.07, 6.45) is 2.01. The van der Waals surface area contributed by atoms with Crippen molar-refractivity contribution in [3.63, 3.8) is 0 Å². The van der Waals surface area contributed by atoms with Gasteiger partial charge in [0, 0.05) is 19.0 Å². The van der Waals surface area contributed by atoms with Crippen LogP contribution >= 0.6 is 0 Å². The number of carbonyl (C=O) groups excluding carboxylic acids is 1. The molecule has 1 aliphatic rings. The second kappa shape index (κ2) is 6.80. The number of methoxy groups -OCH3 is 2. The van der Waals surface area contributed by atoms with Gasteiger partial charge in [0.05, 0.1) is 20.3 Å². The highest BCUT2D eigenvalue weighted by molar-refractivity contribution is 5.73. The predicted octanol–water partition coefficient (Wildman–Crippen LogP) is 2.14. The van der Waals surface area contributed by atoms with E-state index in [1.165, 1.54) is 0 Å². The van der Waals surface area contributed by atoms with Gasteiger partial charge < -0.3 is 19.5 Å². The molecule has 5 heteroatoms. The highest BCUT2D eigenvalue weighted by atomic mass is 16.5. The molecular formula is C16H23NO4. The summed E-state index contributed by atoms with van der Waals surface area (Å²) < 4.78 is 10.6. The molecule has 1 amide bonds. The van der Waals surface area contributed by atoms with Gasteiger partial charge in [-0.3, -0.25) is 4.79 Å². The van der Waals surface area contributed by atoms with Crippen LogP contribution in [0.15, 0.2) is 18.2 Å². The molecule has 0 aromatic heterocycles. The second-order valence-corrected chi connectivity index (χ2v) is 5.33. The molecule has 1 saturated heterocycles. The van der Waals surface area contributed by atoms with Gasteiger partial charge in [-0.2, -0.15) is 0 Å². The van der Waals surface area contributed by atoms with E-state index in [0.717, 1.165) is 19.3 Å². The third kappa shape index (κ3) is 3.29. The van der Waals surface area contributed by atoms with Crippen LogP contribution in [-0.4, -0.2) is 42.7 Å². The summed E-state index contributed by atoms with van der Waals surface area (Å²) in [7, 11) is 3.15. The normalized spacial score (nSPS) is 20.0. The molecular weight excluding hydrogens is 270 g/mol. The molecule has 21 heavy (non-hydrogen) atoms. The average molecular weight is 293 g/mol. The van der Waals surface area contributed by atoms with E-state index in [1.54, 1.807) is 44.2 Å². The van der Waals surface area contributed by atoms with E-state index in [4.69, 9.17) is 9.47 Å². The van der Waals surface area contributed by atoms with Gasteiger partial charge in [0.25, 0.3) is 0 Å². The number of amides is 1. The molecule has 1 aromatic carbocycles. The van der Waals surface area contributed by atoms with Crippen LogP contribution in [-0.2, 0) is 4.79 Å². The van der Waals surface area contributed by atoms with E-state index in [2.05, 4.69) is 0 Å². The third-order valence-corrected chi connectivity index (χ3v) is 4.07. The minimum Gasteiger partial charge on any atom is -0.497 e. The zero-order chi connectivity index (χ0) is 15.4. The van der Waals surface area contributed by atoms with Crippen LogP contribution in [0.2, 0.25) is 0 Å². The van der Waals surface area contributed by atoms with Crippen molar-refractivity contribution in [3.05, 3.63) is 23.8 Å². The lowest BCUT2D eigenvalue weighted by atomic mass is 9.92. The Kier molecular flexibility index (Phi) is 5.07. The van der Waals surface area contributed by atoms with Crippen molar-refractivity contribution >= 4 is 5.91 Å². The van der Waals surface area contributed by atoms with Crippen LogP contribution < -0.4 is 9.47 Å². The highest BCUT2D eigenvalue weighted by Crippen LogP contribution is 2.35. The number of hydrogen-bond donors (Lipinski definition) is 1. The predicted molar refractivity (Wildman–Crippen MR) is 79.5 cm³/mol. The van der Waals surface area contributed by atoms with E-state index < -0.39 is 6.10 Å². The summed E-state index contributed by atoms with van der Waals surface area (Å²) in [5.41, 5.74) is 0.662. The van der Waals surface area contributed by atoms with Gasteiger partial charge >= 0.3 is 0 Å². The minimum absolute atomic E-state index is 0.000568. The first-order valence-electron chi connectivity index (χ1n) is 7.25. The summed E-state index contributed by atoms with van der Waals surface area (Å²) in [4.78, 5) is 13.5. The number of carbonyl (C=O) groups is 1. The third-order valence-electron chi connectivity index (χ3n) is 4.07. The smallest absolute Gasteiger partial charge is 0.219 e. The Morgan fingerprint density at radius 3 is 2.71 bits per heavy atom. The van der Waals surface area contributed by atoms with E-state index >= 15 is 0 Å². The van der Waals surface area contributed by atoms with Crippen molar-refractivity contribution in [2.75, 3.05) is 20.8 Å². The zero-order valence-electron chi connectivity index (χ0n) is 12.8. The largest absolute Gasteiger partial charge is 0.497 e. The standard InChI is InChI=1S/C16H23NO4/c1-11(18)17-9-5-4-6-14(17)16(19)13-10-12(20-2)7-8-15(13)21-3/h7-8,10,14,16,19H,4-6,9H2,1-3H3/t14-,16+/m1/s1. The number of piperidine rings is 1. The lowest BCUT2D eigenvalue weighted by Crippen LogP contribution is -2.45. The lowest BCUT2D eigenvalue weighted by Gasteiger charge is -2.38. The summed E-state index contributed by atoms with van der Waals surface area (Å²) in [5, 5.41) is 10.8. The van der Waals surface area contributed by atoms with E-state index in [9.17, 15) is 9.90 Å². The maximum atomic E-state index is 11.8. The fraction of sp³-hybridized carbons (Fsp3) is 0.562. The van der Waals surface area contributed by atoms with Crippen LogP contribution in [0.4, 0.5) is 0 Å². The monoisotopic (exact) mass is 293 g/mol. The zero-order valence-corrected chi connectivity index (χ0v) is 12.8. The molecule has 2 rings (SSSR count). The quantitative estimate of drug-likeness (QED) is 0.924. The Morgan fingerprint density at radius 1 is 1.33 bits per heavy atom. The molecule has 0 bridgehead atoms. The topological polar surface area (TPSA) is 59.0 Å². The van der Waals surface area contributed by atoms with Gasteiger partial charge in [-0.1, -0.05) is 0 Å². The fourth-order valence-corrected chi connectivity index (χ4v) is 2.95. The summed E-state index contributed by atoms with van der Waals surface area (Å²) in [6, 6.07) is 5.13. The van der Waals surface area contributed by atoms with Gasteiger partial charge in [0.15, 0.2) is 0 Å². The first kappa shape index (κ1) is 15.6. The Balaban J connectivity index is 2.32. The molecule has 0 saturated carbocycles. The van der Waals surface area contributed by atoms with Gasteiger partial charge in [-0.05, 0) is 37.5 Å². The number of aliphatic hydroxyl groups is 1. The first-order valence-corrected chi connectivity index (χ1v) is 7.25. The number of ether oxygens (including phenoxy) is 2. The number of likely N-dealkylation sites (tertiary alicyclic amines) is 1. The van der Waals surface area contributed by atoms with Gasteiger partial charge in [0.2, 0.25) is 5.91 Å². The molecule has 0 unspecified atom stereocenters. The van der Waals surface area contributed by atoms with Crippen LogP contribution in [0.25, 0.3) is 0 Å². The Labute approximate surface area is 125 Å². The molecule has 0 spiro atoms. The Morgan fingerprint density at radius 2 is 2.10 bits per heavy atom. The Hall–Kier alpha value is -1.75. The molecule has 1 N–H and O–H groups in total. The van der Waals surface area contributed by atoms with Crippen molar-refractivity contribution in [1.82, 2.24) is 4.90 Å². The summed E-state index contributed by atoms with van der Waals surface area (Å²) in [6.45, 7) is 2.25. The molecule has 5 nitrogen and oxygen atoms in total. The number of aliphatic hydroxyl groups excluding tert-OH is 1. The number of nitrogens with zero attached hydrogens (tertiary/aromatic N) is 1. The maximum absolute atomic E-state index is 11.8. The van der Waals surface area contributed by atoms with Gasteiger partial charge in [0.1, 0.15) is 17.6 Å². The molecule has 2 atom stereocenters. The molecule has 0 radical (unpaired) electrons. The minimum atomic E-state index is -0.778. The van der Waals surface area contributed by atoms with Gasteiger partial charge in [-0.15, -0.1) is 0 Å². The number of hydrogen-bond acceptors (Lipinski definition) is 4. The fourth-order valence-electron chi connectivity index (χ4n) is 2.95. The van der Waals surface area contributed by atoms with Gasteiger partial charge in [-0.25, -0.2) is 0 Å². The molecule has 1 heterocycles. The maximum Gasteiger partial charge on any atom is 0.219 e. The van der Waals surface area contributed by atoms with Crippen LogP contribution in [0, 0.1) is 0 Å². The van der Waals surface area contributed by atoms with Crippen molar-refractivity contribution in [1.29, 1.82) is 0 Å². The SMILES string of the molecule is COc1ccc(OC)c([C@H](O)[C@H]2CCCCN2C(C)=O)c1. The number of rotatable bonds is 4. The molecule has 1 aliphatic heterocycles. The van der Waals surface area contributed by atoms with Crippen LogP contribution in [0.5, 0.6) is 11.5 Å². The van der Waals surface area contributed by atoms with Crippen molar-refractivity contribution in [3.8, 4) is 11.5 Å². The summed E-state index contributed by atoms with van der Waals surface area (Å²) in [5.74, 6) is 1.27. The lowest BCUT2D eigenvalue weighted by molar-refractivity contribution is -0.135. The second-order valence-electron chi connectivity index (χ2n) is 5.33. The van der Waals surface area contributed by atoms with Crippen molar-refractivity contribution in [2.45, 2.75) is 38.3 Å². The van der Waals surface area contributed by atoms with Crippen LogP contribution in [0.3, 0.4) is 0 Å². The van der Waals surface area contributed by atoms with E-state index in [1.807, 2.05) is 0 Å². The van der Waals surface area contributed by atoms with Crippen molar-refractivity contribution < 1.29 is 19.4 Å². The van der Waals surface area contributed by atoms with Crippen molar-refractivity contribution in [2.24, 2.45) is 0 Å². The first-order chi connectivity index (χ1) is 10.1. The van der Waals surface area contributed by atoms with E-state index in [0.29, 0.717) is 23.6 Å². The molecule has 116 valence electrons. The van der Waals surface area contributed by atoms with E-state index in [-0.39, 0.29) is 11.9 Å². The van der Waals surface area contributed by atoms with Crippen LogP contribution in [0.1, 0.15) is 37.9 Å². The molecule has 1 aromatic rings. The average Bonchev–Trinajstić information content (AvgIpc) is 2.53. The Bertz CT molecular complexity index is 503. The highest BCUT2D eigenvalue weighted by Gasteiger charge is 2.32.